The largest absolute Gasteiger partial charge is 0.456 e. The Balaban J connectivity index is 1.80. The van der Waals surface area contributed by atoms with E-state index in [1.165, 1.54) is 18.4 Å². The van der Waals surface area contributed by atoms with Gasteiger partial charge in [0.1, 0.15) is 17.3 Å². The maximum atomic E-state index is 5.78. The average molecular weight is 267 g/mol. The maximum Gasteiger partial charge on any atom is 0.145 e. The van der Waals surface area contributed by atoms with Crippen molar-refractivity contribution in [1.29, 1.82) is 0 Å². The van der Waals surface area contributed by atoms with Crippen molar-refractivity contribution in [3.05, 3.63) is 48.4 Å². The molecule has 102 valence electrons. The van der Waals surface area contributed by atoms with Crippen LogP contribution in [0.1, 0.15) is 31.4 Å². The first-order valence-electron chi connectivity index (χ1n) is 6.86. The Hall–Kier alpha value is -2.36. The molecule has 2 aromatic heterocycles. The second kappa shape index (κ2) is 5.74. The molecule has 1 aliphatic carbocycles. The van der Waals surface area contributed by atoms with Gasteiger partial charge >= 0.3 is 0 Å². The van der Waals surface area contributed by atoms with Gasteiger partial charge in [-0.05, 0) is 49.5 Å². The topological polar surface area (TPSA) is 61.0 Å². The minimum atomic E-state index is 0.486. The second-order valence-corrected chi connectivity index (χ2v) is 4.87. The summed E-state index contributed by atoms with van der Waals surface area (Å²) in [7, 11) is 0. The van der Waals surface area contributed by atoms with Crippen LogP contribution in [-0.2, 0) is 0 Å². The first-order valence-corrected chi connectivity index (χ1v) is 6.86. The van der Waals surface area contributed by atoms with E-state index in [1.54, 1.807) is 18.5 Å². The Morgan fingerprint density at radius 2 is 2.00 bits per heavy atom. The first kappa shape index (κ1) is 12.7. The summed E-state index contributed by atoms with van der Waals surface area (Å²) in [6.45, 7) is 0. The van der Waals surface area contributed by atoms with Crippen LogP contribution in [0.5, 0.6) is 11.5 Å². The molecule has 0 atom stereocenters. The fourth-order valence-corrected chi connectivity index (χ4v) is 2.31. The van der Waals surface area contributed by atoms with Crippen LogP contribution in [0.4, 0.5) is 5.82 Å². The zero-order chi connectivity index (χ0) is 13.8. The molecule has 2 aromatic rings. The number of anilines is 1. The number of nitrogen functional groups attached to an aromatic ring is 1. The van der Waals surface area contributed by atoms with Gasteiger partial charge in [-0.1, -0.05) is 6.08 Å². The standard InChI is InChI=1S/C16H17N3O/c17-16-7-6-14(11-19-16)20-13-8-9-18-15(10-13)12-4-2-1-3-5-12/h4,6-11H,1-3,5H2,(H2,17,19). The molecule has 0 saturated heterocycles. The first-order chi connectivity index (χ1) is 9.81. The Labute approximate surface area is 118 Å². The number of pyridine rings is 2. The van der Waals surface area contributed by atoms with Gasteiger partial charge in [-0.2, -0.15) is 0 Å². The Kier molecular flexibility index (Phi) is 3.63. The highest BCUT2D eigenvalue weighted by Crippen LogP contribution is 2.28. The summed E-state index contributed by atoms with van der Waals surface area (Å²) in [5.74, 6) is 1.93. The molecular formula is C16H17N3O. The highest BCUT2D eigenvalue weighted by Gasteiger charge is 2.08. The zero-order valence-electron chi connectivity index (χ0n) is 11.2. The van der Waals surface area contributed by atoms with Crippen molar-refractivity contribution in [3.63, 3.8) is 0 Å². The molecule has 2 heterocycles. The van der Waals surface area contributed by atoms with Gasteiger partial charge in [0.2, 0.25) is 0 Å². The number of allylic oxidation sites excluding steroid dienone is 2. The molecule has 20 heavy (non-hydrogen) atoms. The van der Waals surface area contributed by atoms with Crippen molar-refractivity contribution in [3.8, 4) is 11.5 Å². The van der Waals surface area contributed by atoms with E-state index < -0.39 is 0 Å². The van der Waals surface area contributed by atoms with Crippen LogP contribution in [0.3, 0.4) is 0 Å². The highest BCUT2D eigenvalue weighted by atomic mass is 16.5. The number of hydrogen-bond acceptors (Lipinski definition) is 4. The van der Waals surface area contributed by atoms with Crippen molar-refractivity contribution in [2.24, 2.45) is 0 Å². The van der Waals surface area contributed by atoms with E-state index >= 15 is 0 Å². The summed E-state index contributed by atoms with van der Waals surface area (Å²) in [6.07, 6.45) is 10.4. The summed E-state index contributed by atoms with van der Waals surface area (Å²) in [5.41, 5.74) is 7.88. The van der Waals surface area contributed by atoms with Crippen LogP contribution in [-0.4, -0.2) is 9.97 Å². The molecule has 1 aliphatic rings. The van der Waals surface area contributed by atoms with Crippen molar-refractivity contribution >= 4 is 11.4 Å². The van der Waals surface area contributed by atoms with Gasteiger partial charge in [0.25, 0.3) is 0 Å². The van der Waals surface area contributed by atoms with Crippen molar-refractivity contribution < 1.29 is 4.74 Å². The Bertz CT molecular complexity index is 620. The quantitative estimate of drug-likeness (QED) is 0.918. The molecule has 2 N–H and O–H groups in total. The molecular weight excluding hydrogens is 250 g/mol. The van der Waals surface area contributed by atoms with E-state index in [4.69, 9.17) is 10.5 Å². The monoisotopic (exact) mass is 267 g/mol. The molecule has 0 aliphatic heterocycles. The predicted octanol–water partition coefficient (Wildman–Crippen LogP) is 3.81. The van der Waals surface area contributed by atoms with Crippen LogP contribution >= 0.6 is 0 Å². The van der Waals surface area contributed by atoms with Crippen LogP contribution in [0, 0.1) is 0 Å². The van der Waals surface area contributed by atoms with E-state index in [0.717, 1.165) is 24.3 Å². The second-order valence-electron chi connectivity index (χ2n) is 4.87. The molecule has 0 fully saturated rings. The lowest BCUT2D eigenvalue weighted by Crippen LogP contribution is -1.95. The smallest absolute Gasteiger partial charge is 0.145 e. The molecule has 0 amide bonds. The van der Waals surface area contributed by atoms with Crippen LogP contribution in [0.15, 0.2) is 42.7 Å². The number of nitrogens with two attached hydrogens (primary N) is 1. The number of rotatable bonds is 3. The zero-order valence-corrected chi connectivity index (χ0v) is 11.2. The lowest BCUT2D eigenvalue weighted by atomic mass is 9.97. The summed E-state index contributed by atoms with van der Waals surface area (Å²) in [6, 6.07) is 7.36. The van der Waals surface area contributed by atoms with E-state index in [1.807, 2.05) is 18.2 Å². The summed E-state index contributed by atoms with van der Waals surface area (Å²) in [5, 5.41) is 0. The third-order valence-electron chi connectivity index (χ3n) is 3.35. The fraction of sp³-hybridized carbons (Fsp3) is 0.250. The third kappa shape index (κ3) is 2.96. The average Bonchev–Trinajstić information content (AvgIpc) is 2.51. The van der Waals surface area contributed by atoms with Crippen LogP contribution < -0.4 is 10.5 Å². The SMILES string of the molecule is Nc1ccc(Oc2ccnc(C3=CCCCC3)c2)cn1. The van der Waals surface area contributed by atoms with Gasteiger partial charge in [0.05, 0.1) is 11.9 Å². The molecule has 0 spiro atoms. The third-order valence-corrected chi connectivity index (χ3v) is 3.35. The maximum absolute atomic E-state index is 5.78. The number of ether oxygens (including phenoxy) is 1. The molecule has 3 rings (SSSR count). The van der Waals surface area contributed by atoms with Gasteiger partial charge in [0.15, 0.2) is 0 Å². The van der Waals surface area contributed by atoms with E-state index in [0.29, 0.717) is 11.6 Å². The van der Waals surface area contributed by atoms with Gasteiger partial charge in [0, 0.05) is 12.3 Å². The highest BCUT2D eigenvalue weighted by molar-refractivity contribution is 5.64. The van der Waals surface area contributed by atoms with Crippen LogP contribution in [0.2, 0.25) is 0 Å². The number of nitrogens with zero attached hydrogens (tertiary/aromatic N) is 2. The number of hydrogen-bond donors (Lipinski definition) is 1. The van der Waals surface area contributed by atoms with Crippen molar-refractivity contribution in [1.82, 2.24) is 9.97 Å². The molecule has 4 nitrogen and oxygen atoms in total. The molecule has 0 bridgehead atoms. The van der Waals surface area contributed by atoms with Gasteiger partial charge in [-0.25, -0.2) is 4.98 Å². The van der Waals surface area contributed by atoms with Crippen LogP contribution in [0.25, 0.3) is 5.57 Å². The van der Waals surface area contributed by atoms with Gasteiger partial charge in [-0.15, -0.1) is 0 Å². The molecule has 0 aromatic carbocycles. The molecule has 0 radical (unpaired) electrons. The normalized spacial score (nSPS) is 14.7. The van der Waals surface area contributed by atoms with Gasteiger partial charge in [-0.3, -0.25) is 4.98 Å². The molecule has 0 unspecified atom stereocenters. The van der Waals surface area contributed by atoms with E-state index in [9.17, 15) is 0 Å². The lowest BCUT2D eigenvalue weighted by Gasteiger charge is -2.13. The predicted molar refractivity (Wildman–Crippen MR) is 79.4 cm³/mol. The van der Waals surface area contributed by atoms with E-state index in [-0.39, 0.29) is 0 Å². The fourth-order valence-electron chi connectivity index (χ4n) is 2.31. The summed E-state index contributed by atoms with van der Waals surface area (Å²) in [4.78, 5) is 8.45. The Morgan fingerprint density at radius 1 is 1.05 bits per heavy atom. The Morgan fingerprint density at radius 3 is 2.75 bits per heavy atom. The lowest BCUT2D eigenvalue weighted by molar-refractivity contribution is 0.479. The molecule has 0 saturated carbocycles. The molecule has 4 heteroatoms. The minimum absolute atomic E-state index is 0.486. The number of aromatic nitrogens is 2. The summed E-state index contributed by atoms with van der Waals surface area (Å²) < 4.78 is 5.78. The van der Waals surface area contributed by atoms with E-state index in [2.05, 4.69) is 16.0 Å². The van der Waals surface area contributed by atoms with Crippen molar-refractivity contribution in [2.75, 3.05) is 5.73 Å². The van der Waals surface area contributed by atoms with Gasteiger partial charge < -0.3 is 10.5 Å². The van der Waals surface area contributed by atoms with Crippen molar-refractivity contribution in [2.45, 2.75) is 25.7 Å². The minimum Gasteiger partial charge on any atom is -0.456 e. The summed E-state index contributed by atoms with van der Waals surface area (Å²) >= 11 is 0.